The van der Waals surface area contributed by atoms with Gasteiger partial charge in [-0.15, -0.1) is 0 Å². The second kappa shape index (κ2) is 5.65. The predicted octanol–water partition coefficient (Wildman–Crippen LogP) is 1.98. The van der Waals surface area contributed by atoms with E-state index in [4.69, 9.17) is 4.52 Å². The Kier molecular flexibility index (Phi) is 4.18. The second-order valence-electron chi connectivity index (χ2n) is 5.29. The smallest absolute Gasteiger partial charge is 0.150 e. The van der Waals surface area contributed by atoms with Crippen molar-refractivity contribution in [3.8, 4) is 0 Å². The second-order valence-corrected chi connectivity index (χ2v) is 5.29. The number of hydrogen-bond donors (Lipinski definition) is 1. The molecule has 1 fully saturated rings. The Labute approximate surface area is 103 Å². The largest absolute Gasteiger partial charge is 0.360 e. The van der Waals surface area contributed by atoms with Crippen molar-refractivity contribution in [3.63, 3.8) is 0 Å². The maximum atomic E-state index is 5.37. The molecule has 1 heterocycles. The van der Waals surface area contributed by atoms with Crippen LogP contribution in [0, 0.1) is 0 Å². The van der Waals surface area contributed by atoms with Gasteiger partial charge >= 0.3 is 0 Å². The molecule has 1 aliphatic carbocycles. The van der Waals surface area contributed by atoms with Gasteiger partial charge in [0.25, 0.3) is 0 Å². The highest BCUT2D eigenvalue weighted by molar-refractivity contribution is 5.11. The van der Waals surface area contributed by atoms with Crippen LogP contribution in [0.3, 0.4) is 0 Å². The quantitative estimate of drug-likeness (QED) is 0.869. The molecule has 1 aromatic rings. The first-order valence-electron chi connectivity index (χ1n) is 6.46. The Balaban J connectivity index is 1.92. The highest BCUT2D eigenvalue weighted by atomic mass is 16.5. The molecule has 1 aromatic heterocycles. The zero-order chi connectivity index (χ0) is 12.3. The standard InChI is InChI=1S/C13H23N3O/c1-14-11-6-4-10(5-7-11)13-8-12(17-15-13)9-16(2)3/h8,10-11,14H,4-7,9H2,1-3H3. The maximum Gasteiger partial charge on any atom is 0.150 e. The van der Waals surface area contributed by atoms with E-state index in [-0.39, 0.29) is 0 Å². The molecule has 0 aromatic carbocycles. The van der Waals surface area contributed by atoms with Gasteiger partial charge < -0.3 is 14.7 Å². The summed E-state index contributed by atoms with van der Waals surface area (Å²) in [6.45, 7) is 0.832. The van der Waals surface area contributed by atoms with Crippen molar-refractivity contribution < 1.29 is 4.52 Å². The van der Waals surface area contributed by atoms with Crippen LogP contribution in [0.25, 0.3) is 0 Å². The van der Waals surface area contributed by atoms with Crippen LogP contribution in [-0.4, -0.2) is 37.2 Å². The monoisotopic (exact) mass is 237 g/mol. The van der Waals surface area contributed by atoms with Crippen LogP contribution < -0.4 is 5.32 Å². The molecular formula is C13H23N3O. The maximum absolute atomic E-state index is 5.37. The van der Waals surface area contributed by atoms with E-state index in [1.807, 2.05) is 14.1 Å². The minimum atomic E-state index is 0.597. The molecule has 0 saturated heterocycles. The summed E-state index contributed by atoms with van der Waals surface area (Å²) in [7, 11) is 6.14. The lowest BCUT2D eigenvalue weighted by Gasteiger charge is -2.26. The van der Waals surface area contributed by atoms with Crippen LogP contribution in [-0.2, 0) is 6.54 Å². The number of nitrogens with zero attached hydrogens (tertiary/aromatic N) is 2. The molecule has 0 atom stereocenters. The van der Waals surface area contributed by atoms with Gasteiger partial charge in [0.05, 0.1) is 12.2 Å². The summed E-state index contributed by atoms with van der Waals surface area (Å²) in [5, 5.41) is 7.58. The molecule has 0 aliphatic heterocycles. The van der Waals surface area contributed by atoms with Gasteiger partial charge in [0.2, 0.25) is 0 Å². The Morgan fingerprint density at radius 2 is 2.06 bits per heavy atom. The lowest BCUT2D eigenvalue weighted by atomic mass is 9.84. The van der Waals surface area contributed by atoms with Gasteiger partial charge in [-0.05, 0) is 46.8 Å². The molecule has 4 nitrogen and oxygen atoms in total. The summed E-state index contributed by atoms with van der Waals surface area (Å²) in [5.41, 5.74) is 1.15. The van der Waals surface area contributed by atoms with E-state index in [1.54, 1.807) is 0 Å². The van der Waals surface area contributed by atoms with E-state index in [1.165, 1.54) is 25.7 Å². The fraction of sp³-hybridized carbons (Fsp3) is 0.769. The van der Waals surface area contributed by atoms with Gasteiger partial charge in [0.15, 0.2) is 5.76 Å². The van der Waals surface area contributed by atoms with Crippen molar-refractivity contribution in [1.82, 2.24) is 15.4 Å². The lowest BCUT2D eigenvalue weighted by molar-refractivity contribution is 0.299. The molecule has 0 bridgehead atoms. The fourth-order valence-electron chi connectivity index (χ4n) is 2.59. The van der Waals surface area contributed by atoms with Crippen molar-refractivity contribution in [2.24, 2.45) is 0 Å². The van der Waals surface area contributed by atoms with Gasteiger partial charge in [0, 0.05) is 18.0 Å². The third-order valence-electron chi connectivity index (χ3n) is 3.60. The molecule has 1 N–H and O–H groups in total. The average Bonchev–Trinajstić information content (AvgIpc) is 2.77. The third-order valence-corrected chi connectivity index (χ3v) is 3.60. The molecule has 0 amide bonds. The fourth-order valence-corrected chi connectivity index (χ4v) is 2.59. The normalized spacial score (nSPS) is 25.4. The van der Waals surface area contributed by atoms with E-state index in [0.717, 1.165) is 18.0 Å². The lowest BCUT2D eigenvalue weighted by Crippen LogP contribution is -2.29. The number of nitrogens with one attached hydrogen (secondary N) is 1. The number of aromatic nitrogens is 1. The molecule has 0 radical (unpaired) electrons. The van der Waals surface area contributed by atoms with Gasteiger partial charge in [0.1, 0.15) is 0 Å². The van der Waals surface area contributed by atoms with Gasteiger partial charge in [-0.1, -0.05) is 5.16 Å². The van der Waals surface area contributed by atoms with Gasteiger partial charge in [-0.25, -0.2) is 0 Å². The number of rotatable bonds is 4. The minimum Gasteiger partial charge on any atom is -0.360 e. The van der Waals surface area contributed by atoms with Crippen LogP contribution >= 0.6 is 0 Å². The molecule has 96 valence electrons. The molecule has 0 spiro atoms. The van der Waals surface area contributed by atoms with E-state index >= 15 is 0 Å². The minimum absolute atomic E-state index is 0.597. The molecule has 4 heteroatoms. The Hall–Kier alpha value is -0.870. The Morgan fingerprint density at radius 1 is 1.35 bits per heavy atom. The summed E-state index contributed by atoms with van der Waals surface area (Å²) < 4.78 is 5.37. The highest BCUT2D eigenvalue weighted by Gasteiger charge is 2.23. The van der Waals surface area contributed by atoms with Crippen molar-refractivity contribution in [1.29, 1.82) is 0 Å². The highest BCUT2D eigenvalue weighted by Crippen LogP contribution is 2.32. The molecule has 1 saturated carbocycles. The summed E-state index contributed by atoms with van der Waals surface area (Å²) >= 11 is 0. The van der Waals surface area contributed by atoms with E-state index in [0.29, 0.717) is 12.0 Å². The SMILES string of the molecule is CNC1CCC(c2cc(CN(C)C)on2)CC1. The van der Waals surface area contributed by atoms with E-state index in [2.05, 4.69) is 28.5 Å². The van der Waals surface area contributed by atoms with Crippen LogP contribution in [0.15, 0.2) is 10.6 Å². The third kappa shape index (κ3) is 3.30. The zero-order valence-electron chi connectivity index (χ0n) is 11.1. The van der Waals surface area contributed by atoms with Crippen molar-refractivity contribution in [2.45, 2.75) is 44.2 Å². The molecule has 1 aliphatic rings. The summed E-state index contributed by atoms with van der Waals surface area (Å²) in [6.07, 6.45) is 4.94. The van der Waals surface area contributed by atoms with Crippen LogP contribution in [0.1, 0.15) is 43.1 Å². The molecular weight excluding hydrogens is 214 g/mol. The van der Waals surface area contributed by atoms with Crippen molar-refractivity contribution in [2.75, 3.05) is 21.1 Å². The molecule has 2 rings (SSSR count). The number of hydrogen-bond acceptors (Lipinski definition) is 4. The molecule has 17 heavy (non-hydrogen) atoms. The van der Waals surface area contributed by atoms with Gasteiger partial charge in [-0.3, -0.25) is 0 Å². The summed E-state index contributed by atoms with van der Waals surface area (Å²) in [4.78, 5) is 2.10. The average molecular weight is 237 g/mol. The van der Waals surface area contributed by atoms with E-state index < -0.39 is 0 Å². The first-order valence-corrected chi connectivity index (χ1v) is 6.46. The van der Waals surface area contributed by atoms with E-state index in [9.17, 15) is 0 Å². The van der Waals surface area contributed by atoms with Crippen molar-refractivity contribution in [3.05, 3.63) is 17.5 Å². The van der Waals surface area contributed by atoms with Crippen LogP contribution in [0.2, 0.25) is 0 Å². The zero-order valence-corrected chi connectivity index (χ0v) is 11.1. The van der Waals surface area contributed by atoms with Gasteiger partial charge in [-0.2, -0.15) is 0 Å². The first kappa shape index (κ1) is 12.6. The van der Waals surface area contributed by atoms with Crippen LogP contribution in [0.5, 0.6) is 0 Å². The Morgan fingerprint density at radius 3 is 2.65 bits per heavy atom. The summed E-state index contributed by atoms with van der Waals surface area (Å²) in [6, 6.07) is 2.82. The first-order chi connectivity index (χ1) is 8.19. The summed E-state index contributed by atoms with van der Waals surface area (Å²) in [5.74, 6) is 1.57. The van der Waals surface area contributed by atoms with Crippen LogP contribution in [0.4, 0.5) is 0 Å². The predicted molar refractivity (Wildman–Crippen MR) is 68.0 cm³/mol. The Bertz CT molecular complexity index is 340. The van der Waals surface area contributed by atoms with Crippen molar-refractivity contribution >= 4 is 0 Å². The molecule has 0 unspecified atom stereocenters. The topological polar surface area (TPSA) is 41.3 Å².